The Morgan fingerprint density at radius 1 is 1.17 bits per heavy atom. The van der Waals surface area contributed by atoms with Crippen molar-refractivity contribution in [3.63, 3.8) is 0 Å². The van der Waals surface area contributed by atoms with E-state index in [1.165, 1.54) is 5.56 Å². The van der Waals surface area contributed by atoms with Gasteiger partial charge in [-0.2, -0.15) is 0 Å². The summed E-state index contributed by atoms with van der Waals surface area (Å²) in [5, 5.41) is 5.92. The van der Waals surface area contributed by atoms with Crippen LogP contribution in [-0.4, -0.2) is 19.5 Å². The van der Waals surface area contributed by atoms with Crippen molar-refractivity contribution in [3.05, 3.63) is 59.7 Å². The Morgan fingerprint density at radius 3 is 2.62 bits per heavy atom. The van der Waals surface area contributed by atoms with Crippen molar-refractivity contribution >= 4 is 24.0 Å². The van der Waals surface area contributed by atoms with Crippen molar-refractivity contribution in [2.24, 2.45) is 5.92 Å². The molecule has 24 heavy (non-hydrogen) atoms. The minimum atomic E-state index is -0.0862. The number of nitrogens with one attached hydrogen (secondary N) is 2. The van der Waals surface area contributed by atoms with E-state index in [1.54, 1.807) is 0 Å². The number of benzene rings is 2. The predicted octanol–water partition coefficient (Wildman–Crippen LogP) is 3.79. The second-order valence-electron chi connectivity index (χ2n) is 5.75. The third-order valence-corrected chi connectivity index (χ3v) is 3.55. The van der Waals surface area contributed by atoms with E-state index < -0.39 is 0 Å². The Balaban J connectivity index is 0.00000288. The molecule has 4 nitrogen and oxygen atoms in total. The number of amides is 1. The topological polar surface area (TPSA) is 50.4 Å². The molecule has 0 saturated carbocycles. The summed E-state index contributed by atoms with van der Waals surface area (Å²) in [6, 6.07) is 15.7. The van der Waals surface area contributed by atoms with E-state index in [4.69, 9.17) is 4.74 Å². The lowest BCUT2D eigenvalue weighted by Crippen LogP contribution is -2.28. The van der Waals surface area contributed by atoms with Gasteiger partial charge in [0.25, 0.3) is 0 Å². The van der Waals surface area contributed by atoms with Crippen LogP contribution >= 0.6 is 12.4 Å². The molecule has 0 aliphatic rings. The fourth-order valence-electron chi connectivity index (χ4n) is 2.30. The zero-order valence-corrected chi connectivity index (χ0v) is 15.2. The molecular formula is C19H25ClN2O2. The molecule has 1 unspecified atom stereocenters. The maximum absolute atomic E-state index is 12.0. The van der Waals surface area contributed by atoms with Crippen LogP contribution in [-0.2, 0) is 11.4 Å². The molecule has 0 saturated heterocycles. The van der Waals surface area contributed by atoms with Crippen molar-refractivity contribution in [2.75, 3.05) is 18.9 Å². The number of aryl methyl sites for hydroxylation is 1. The molecule has 0 aliphatic heterocycles. The van der Waals surface area contributed by atoms with Crippen LogP contribution in [0.5, 0.6) is 5.75 Å². The van der Waals surface area contributed by atoms with Crippen molar-refractivity contribution in [2.45, 2.75) is 20.5 Å². The highest BCUT2D eigenvalue weighted by Gasteiger charge is 2.12. The van der Waals surface area contributed by atoms with Crippen LogP contribution in [0.25, 0.3) is 0 Å². The van der Waals surface area contributed by atoms with Gasteiger partial charge in [0.15, 0.2) is 0 Å². The summed E-state index contributed by atoms with van der Waals surface area (Å²) in [7, 11) is 1.84. The Bertz CT molecular complexity index is 661. The fourth-order valence-corrected chi connectivity index (χ4v) is 2.30. The Hall–Kier alpha value is -2.04. The van der Waals surface area contributed by atoms with Gasteiger partial charge >= 0.3 is 0 Å². The minimum Gasteiger partial charge on any atom is -0.489 e. The maximum Gasteiger partial charge on any atom is 0.228 e. The quantitative estimate of drug-likeness (QED) is 0.800. The number of rotatable bonds is 7. The molecule has 1 amide bonds. The molecule has 0 fully saturated rings. The molecule has 2 aromatic rings. The number of halogens is 1. The standard InChI is InChI=1S/C19H24N2O2.ClH/c1-14-6-4-7-16(10-14)13-23-18-9-5-8-17(11-18)21-19(22)15(2)12-20-3;/h4-11,15,20H,12-13H2,1-3H3,(H,21,22);1H. The highest BCUT2D eigenvalue weighted by atomic mass is 35.5. The lowest BCUT2D eigenvalue weighted by Gasteiger charge is -2.13. The molecule has 0 heterocycles. The Labute approximate surface area is 150 Å². The van der Waals surface area contributed by atoms with Gasteiger partial charge in [-0.25, -0.2) is 0 Å². The van der Waals surface area contributed by atoms with E-state index in [1.807, 2.05) is 50.4 Å². The number of ether oxygens (including phenoxy) is 1. The minimum absolute atomic E-state index is 0. The van der Waals surface area contributed by atoms with Crippen molar-refractivity contribution in [1.29, 1.82) is 0 Å². The molecule has 2 rings (SSSR count). The number of carbonyl (C=O) groups is 1. The van der Waals surface area contributed by atoms with Gasteiger partial charge in [-0.3, -0.25) is 4.79 Å². The third kappa shape index (κ3) is 6.22. The van der Waals surface area contributed by atoms with Gasteiger partial charge in [0.2, 0.25) is 5.91 Å². The maximum atomic E-state index is 12.0. The van der Waals surface area contributed by atoms with Crippen LogP contribution in [0.15, 0.2) is 48.5 Å². The first kappa shape index (κ1) is 20.0. The van der Waals surface area contributed by atoms with Gasteiger partial charge in [0.05, 0.1) is 0 Å². The van der Waals surface area contributed by atoms with Crippen molar-refractivity contribution in [3.8, 4) is 5.75 Å². The molecule has 2 aromatic carbocycles. The first-order valence-corrected chi connectivity index (χ1v) is 7.82. The number of carbonyl (C=O) groups excluding carboxylic acids is 1. The molecule has 0 bridgehead atoms. The van der Waals surface area contributed by atoms with Crippen LogP contribution in [0.3, 0.4) is 0 Å². The first-order valence-electron chi connectivity index (χ1n) is 7.82. The molecule has 0 spiro atoms. The lowest BCUT2D eigenvalue weighted by molar-refractivity contribution is -0.119. The van der Waals surface area contributed by atoms with Gasteiger partial charge in [-0.05, 0) is 31.7 Å². The van der Waals surface area contributed by atoms with Gasteiger partial charge in [-0.1, -0.05) is 42.8 Å². The molecule has 2 N–H and O–H groups in total. The molecule has 1 atom stereocenters. The zero-order valence-electron chi connectivity index (χ0n) is 14.3. The van der Waals surface area contributed by atoms with Crippen LogP contribution in [0.2, 0.25) is 0 Å². The normalized spacial score (nSPS) is 11.3. The first-order chi connectivity index (χ1) is 11.1. The molecule has 0 aromatic heterocycles. The van der Waals surface area contributed by atoms with Crippen LogP contribution in [0.1, 0.15) is 18.1 Å². The van der Waals surface area contributed by atoms with Crippen LogP contribution in [0.4, 0.5) is 5.69 Å². The van der Waals surface area contributed by atoms with E-state index in [-0.39, 0.29) is 24.2 Å². The summed E-state index contributed by atoms with van der Waals surface area (Å²) < 4.78 is 5.81. The van der Waals surface area contributed by atoms with Crippen molar-refractivity contribution < 1.29 is 9.53 Å². The van der Waals surface area contributed by atoms with Gasteiger partial charge in [0, 0.05) is 24.2 Å². The smallest absolute Gasteiger partial charge is 0.228 e. The van der Waals surface area contributed by atoms with E-state index in [0.29, 0.717) is 13.2 Å². The number of hydrogen-bond donors (Lipinski definition) is 2. The summed E-state index contributed by atoms with van der Waals surface area (Å²) in [5.74, 6) is 0.651. The van der Waals surface area contributed by atoms with Gasteiger partial charge in [-0.15, -0.1) is 12.4 Å². The van der Waals surface area contributed by atoms with Crippen molar-refractivity contribution in [1.82, 2.24) is 5.32 Å². The van der Waals surface area contributed by atoms with E-state index in [0.717, 1.165) is 17.0 Å². The molecule has 130 valence electrons. The zero-order chi connectivity index (χ0) is 16.7. The van der Waals surface area contributed by atoms with E-state index >= 15 is 0 Å². The molecular weight excluding hydrogens is 324 g/mol. The Morgan fingerprint density at radius 2 is 1.92 bits per heavy atom. The predicted molar refractivity (Wildman–Crippen MR) is 101 cm³/mol. The van der Waals surface area contributed by atoms with Gasteiger partial charge < -0.3 is 15.4 Å². The highest BCUT2D eigenvalue weighted by molar-refractivity contribution is 5.92. The fraction of sp³-hybridized carbons (Fsp3) is 0.316. The largest absolute Gasteiger partial charge is 0.489 e. The van der Waals surface area contributed by atoms with E-state index in [9.17, 15) is 4.79 Å². The summed E-state index contributed by atoms with van der Waals surface area (Å²) in [6.45, 7) is 5.11. The number of anilines is 1. The molecule has 5 heteroatoms. The highest BCUT2D eigenvalue weighted by Crippen LogP contribution is 2.19. The second kappa shape index (κ2) is 9.96. The van der Waals surface area contributed by atoms with Gasteiger partial charge in [0.1, 0.15) is 12.4 Å². The van der Waals surface area contributed by atoms with Crippen LogP contribution in [0, 0.1) is 12.8 Å². The van der Waals surface area contributed by atoms with Crippen LogP contribution < -0.4 is 15.4 Å². The summed E-state index contributed by atoms with van der Waals surface area (Å²) >= 11 is 0. The average molecular weight is 349 g/mol. The molecule has 0 radical (unpaired) electrons. The lowest BCUT2D eigenvalue weighted by atomic mass is 10.1. The summed E-state index contributed by atoms with van der Waals surface area (Å²) in [4.78, 5) is 12.0. The monoisotopic (exact) mass is 348 g/mol. The van der Waals surface area contributed by atoms with E-state index in [2.05, 4.69) is 29.7 Å². The molecule has 0 aliphatic carbocycles. The summed E-state index contributed by atoms with van der Waals surface area (Å²) in [5.41, 5.74) is 3.09. The second-order valence-corrected chi connectivity index (χ2v) is 5.75. The Kier molecular flexibility index (Phi) is 8.30. The average Bonchev–Trinajstić information content (AvgIpc) is 2.53. The third-order valence-electron chi connectivity index (χ3n) is 3.55. The number of hydrogen-bond acceptors (Lipinski definition) is 3. The SMILES string of the molecule is CNCC(C)C(=O)Nc1cccc(OCc2cccc(C)c2)c1.Cl. The summed E-state index contributed by atoms with van der Waals surface area (Å²) in [6.07, 6.45) is 0.